The van der Waals surface area contributed by atoms with Gasteiger partial charge in [0.2, 0.25) is 0 Å². The van der Waals surface area contributed by atoms with E-state index in [1.807, 2.05) is 0 Å². The van der Waals surface area contributed by atoms with Crippen molar-refractivity contribution in [2.24, 2.45) is 0 Å². The minimum atomic E-state index is -0.972. The summed E-state index contributed by atoms with van der Waals surface area (Å²) in [4.78, 5) is 36.7. The molecule has 2 amide bonds. The fourth-order valence-corrected chi connectivity index (χ4v) is 2.53. The third-order valence-electron chi connectivity index (χ3n) is 3.94. The molecule has 1 aliphatic heterocycles. The fourth-order valence-electron chi connectivity index (χ4n) is 2.53. The number of hydrogen-bond acceptors (Lipinski definition) is 6. The van der Waals surface area contributed by atoms with Gasteiger partial charge >= 0.3 is 12.0 Å². The topological polar surface area (TPSA) is 111 Å². The number of hydrogen-bond donors (Lipinski definition) is 1. The minimum Gasteiger partial charge on any atom is -0.460 e. The number of methoxy groups -OCH3 is 1. The van der Waals surface area contributed by atoms with E-state index in [-0.39, 0.29) is 30.0 Å². The van der Waals surface area contributed by atoms with Crippen molar-refractivity contribution < 1.29 is 24.0 Å². The third-order valence-corrected chi connectivity index (χ3v) is 3.94. The number of nitro benzene ring substituents is 1. The van der Waals surface area contributed by atoms with Crippen LogP contribution in [0.2, 0.25) is 0 Å². The highest BCUT2D eigenvalue weighted by Gasteiger charge is 2.37. The van der Waals surface area contributed by atoms with Crippen LogP contribution < -0.4 is 5.32 Å². The van der Waals surface area contributed by atoms with Gasteiger partial charge in [0.05, 0.1) is 28.7 Å². The van der Waals surface area contributed by atoms with Crippen molar-refractivity contribution in [3.8, 4) is 0 Å². The lowest BCUT2D eigenvalue weighted by Gasteiger charge is -2.33. The van der Waals surface area contributed by atoms with E-state index < -0.39 is 23.0 Å². The van der Waals surface area contributed by atoms with Crippen molar-refractivity contribution in [2.45, 2.75) is 13.0 Å². The van der Waals surface area contributed by atoms with E-state index >= 15 is 0 Å². The normalized spacial score (nSPS) is 17.3. The minimum absolute atomic E-state index is 0.0351. The maximum atomic E-state index is 12.5. The molecule has 1 atom stereocenters. The predicted octanol–water partition coefficient (Wildman–Crippen LogP) is 1.75. The largest absolute Gasteiger partial charge is 0.460 e. The van der Waals surface area contributed by atoms with Crippen LogP contribution in [0, 0.1) is 10.1 Å². The molecule has 0 bridgehead atoms. The van der Waals surface area contributed by atoms with Crippen molar-refractivity contribution in [1.29, 1.82) is 0 Å². The van der Waals surface area contributed by atoms with Crippen LogP contribution in [-0.4, -0.2) is 49.2 Å². The number of carbonyl (C=O) groups excluding carboxylic acids is 2. The highest BCUT2D eigenvalue weighted by atomic mass is 16.6. The molecular weight excluding hydrogens is 330 g/mol. The molecule has 2 rings (SSSR count). The van der Waals surface area contributed by atoms with Gasteiger partial charge in [-0.05, 0) is 13.0 Å². The molecule has 9 heteroatoms. The summed E-state index contributed by atoms with van der Waals surface area (Å²) in [6.45, 7) is 1.84. The molecule has 0 fully saturated rings. The van der Waals surface area contributed by atoms with Crippen LogP contribution in [0.25, 0.3) is 0 Å². The SMILES string of the molecule is COCCOC(=O)C1=C(C)N(C)C(=O)N[C@@H]1c1ccccc1[N+](=O)[O-]. The molecule has 1 aliphatic rings. The van der Waals surface area contributed by atoms with Crippen LogP contribution in [0.4, 0.5) is 10.5 Å². The van der Waals surface area contributed by atoms with Gasteiger partial charge in [-0.2, -0.15) is 0 Å². The number of benzene rings is 1. The van der Waals surface area contributed by atoms with Gasteiger partial charge in [-0.3, -0.25) is 10.1 Å². The van der Waals surface area contributed by atoms with Gasteiger partial charge in [-0.15, -0.1) is 0 Å². The Morgan fingerprint density at radius 3 is 2.68 bits per heavy atom. The Hall–Kier alpha value is -2.94. The lowest BCUT2D eigenvalue weighted by molar-refractivity contribution is -0.385. The molecule has 134 valence electrons. The van der Waals surface area contributed by atoms with E-state index in [1.165, 1.54) is 37.3 Å². The number of urea groups is 1. The number of rotatable bonds is 6. The van der Waals surface area contributed by atoms with Crippen LogP contribution in [0.15, 0.2) is 35.5 Å². The quantitative estimate of drug-likeness (QED) is 0.362. The Bertz CT molecular complexity index is 730. The summed E-state index contributed by atoms with van der Waals surface area (Å²) < 4.78 is 10.0. The summed E-state index contributed by atoms with van der Waals surface area (Å²) in [6.07, 6.45) is 0. The zero-order valence-corrected chi connectivity index (χ0v) is 14.1. The molecule has 0 aromatic heterocycles. The molecule has 0 radical (unpaired) electrons. The van der Waals surface area contributed by atoms with Crippen molar-refractivity contribution in [3.63, 3.8) is 0 Å². The van der Waals surface area contributed by atoms with Crippen LogP contribution in [0.5, 0.6) is 0 Å². The first-order chi connectivity index (χ1) is 11.9. The van der Waals surface area contributed by atoms with Crippen molar-refractivity contribution in [2.75, 3.05) is 27.4 Å². The summed E-state index contributed by atoms with van der Waals surface area (Å²) in [5.74, 6) is -0.662. The molecule has 0 unspecified atom stereocenters. The maximum Gasteiger partial charge on any atom is 0.338 e. The van der Waals surface area contributed by atoms with E-state index in [2.05, 4.69) is 5.32 Å². The Morgan fingerprint density at radius 1 is 1.36 bits per heavy atom. The van der Waals surface area contributed by atoms with Gasteiger partial charge in [-0.25, -0.2) is 9.59 Å². The van der Waals surface area contributed by atoms with Gasteiger partial charge in [0.25, 0.3) is 5.69 Å². The van der Waals surface area contributed by atoms with Gasteiger partial charge in [-0.1, -0.05) is 12.1 Å². The Kier molecular flexibility index (Phi) is 5.71. The monoisotopic (exact) mass is 349 g/mol. The highest BCUT2D eigenvalue weighted by molar-refractivity contribution is 5.95. The number of nitrogens with one attached hydrogen (secondary N) is 1. The average molecular weight is 349 g/mol. The van der Waals surface area contributed by atoms with Gasteiger partial charge in [0, 0.05) is 25.9 Å². The first-order valence-electron chi connectivity index (χ1n) is 7.52. The second kappa shape index (κ2) is 7.75. The lowest BCUT2D eigenvalue weighted by atomic mass is 9.94. The summed E-state index contributed by atoms with van der Waals surface area (Å²) in [5, 5.41) is 13.9. The summed E-state index contributed by atoms with van der Waals surface area (Å²) in [7, 11) is 2.98. The second-order valence-electron chi connectivity index (χ2n) is 5.39. The first kappa shape index (κ1) is 18.4. The smallest absolute Gasteiger partial charge is 0.338 e. The molecule has 0 aliphatic carbocycles. The number of carbonyl (C=O) groups is 2. The summed E-state index contributed by atoms with van der Waals surface area (Å²) >= 11 is 0. The second-order valence-corrected chi connectivity index (χ2v) is 5.39. The van der Waals surface area contributed by atoms with E-state index in [4.69, 9.17) is 9.47 Å². The Morgan fingerprint density at radius 2 is 2.04 bits per heavy atom. The van der Waals surface area contributed by atoms with E-state index in [0.717, 1.165) is 0 Å². The van der Waals surface area contributed by atoms with Crippen molar-refractivity contribution >= 4 is 17.7 Å². The number of ether oxygens (including phenoxy) is 2. The van der Waals surface area contributed by atoms with Crippen LogP contribution in [-0.2, 0) is 14.3 Å². The van der Waals surface area contributed by atoms with E-state index in [9.17, 15) is 19.7 Å². The zero-order valence-electron chi connectivity index (χ0n) is 14.1. The van der Waals surface area contributed by atoms with Crippen molar-refractivity contribution in [1.82, 2.24) is 10.2 Å². The molecule has 0 saturated heterocycles. The lowest BCUT2D eigenvalue weighted by Crippen LogP contribution is -2.46. The van der Waals surface area contributed by atoms with Crippen LogP contribution in [0.1, 0.15) is 18.5 Å². The standard InChI is InChI=1S/C16H19N3O6/c1-10-13(15(20)25-9-8-24-3)14(17-16(21)18(10)2)11-6-4-5-7-12(11)19(22)23/h4-7,14H,8-9H2,1-3H3,(H,17,21)/t14-/m1/s1. The predicted molar refractivity (Wildman–Crippen MR) is 87.7 cm³/mol. The number of nitrogens with zero attached hydrogens (tertiary/aromatic N) is 2. The first-order valence-corrected chi connectivity index (χ1v) is 7.52. The molecule has 1 aromatic carbocycles. The molecule has 25 heavy (non-hydrogen) atoms. The highest BCUT2D eigenvalue weighted by Crippen LogP contribution is 2.35. The zero-order chi connectivity index (χ0) is 18.6. The van der Waals surface area contributed by atoms with E-state index in [0.29, 0.717) is 5.70 Å². The van der Waals surface area contributed by atoms with Gasteiger partial charge in [0.1, 0.15) is 6.61 Å². The molecular formula is C16H19N3O6. The molecule has 1 N–H and O–H groups in total. The average Bonchev–Trinajstić information content (AvgIpc) is 2.59. The molecule has 0 spiro atoms. The number of para-hydroxylation sites is 1. The maximum absolute atomic E-state index is 12.5. The number of amides is 2. The van der Waals surface area contributed by atoms with Crippen molar-refractivity contribution in [3.05, 3.63) is 51.2 Å². The molecule has 0 saturated carbocycles. The molecule has 1 aromatic rings. The van der Waals surface area contributed by atoms with Crippen LogP contribution >= 0.6 is 0 Å². The van der Waals surface area contributed by atoms with E-state index in [1.54, 1.807) is 13.0 Å². The van der Waals surface area contributed by atoms with Crippen LogP contribution in [0.3, 0.4) is 0 Å². The number of esters is 1. The third kappa shape index (κ3) is 3.77. The molecule has 9 nitrogen and oxygen atoms in total. The summed E-state index contributed by atoms with van der Waals surface area (Å²) in [5.41, 5.74) is 0.543. The molecule has 1 heterocycles. The number of nitro groups is 1. The fraction of sp³-hybridized carbons (Fsp3) is 0.375. The number of allylic oxidation sites excluding steroid dienone is 1. The Labute approximate surface area is 144 Å². The Balaban J connectivity index is 2.49. The van der Waals surface area contributed by atoms with Gasteiger partial charge < -0.3 is 19.7 Å². The van der Waals surface area contributed by atoms with Gasteiger partial charge in [0.15, 0.2) is 0 Å². The summed E-state index contributed by atoms with van der Waals surface area (Å²) in [6, 6.07) is 4.52.